The second-order valence-electron chi connectivity index (χ2n) is 18.4. The van der Waals surface area contributed by atoms with E-state index < -0.39 is 11.9 Å². The Morgan fingerprint density at radius 3 is 0.988 bits per heavy atom. The van der Waals surface area contributed by atoms with E-state index in [2.05, 4.69) is 39.5 Å². The molecule has 4 aromatic carbocycles. The van der Waals surface area contributed by atoms with Gasteiger partial charge >= 0.3 is 11.9 Å². The number of fused-ring (bicyclic) bond motifs is 1. The highest BCUT2D eigenvalue weighted by molar-refractivity contribution is 5.93. The molecule has 0 saturated carbocycles. The van der Waals surface area contributed by atoms with Crippen LogP contribution in [0.1, 0.15) is 88.2 Å². The van der Waals surface area contributed by atoms with E-state index in [0.29, 0.717) is 194 Å². The van der Waals surface area contributed by atoms with Crippen LogP contribution < -0.4 is 37.9 Å². The molecule has 0 aliphatic carbocycles. The van der Waals surface area contributed by atoms with Crippen molar-refractivity contribution >= 4 is 34.9 Å². The van der Waals surface area contributed by atoms with Crippen LogP contribution >= 0.6 is 0 Å². The highest BCUT2D eigenvalue weighted by Crippen LogP contribution is 2.43. The molecule has 0 fully saturated rings. The summed E-state index contributed by atoms with van der Waals surface area (Å²) in [6.45, 7) is 27.2. The van der Waals surface area contributed by atoms with E-state index in [1.165, 1.54) is 30.9 Å². The fourth-order valence-electron chi connectivity index (χ4n) is 7.55. The lowest BCUT2D eigenvalue weighted by molar-refractivity contribution is -0.286. The largest absolute Gasteiger partial charge is 0.502 e. The van der Waals surface area contributed by atoms with E-state index in [-0.39, 0.29) is 13.2 Å². The van der Waals surface area contributed by atoms with Crippen molar-refractivity contribution in [3.8, 4) is 46.0 Å². The summed E-state index contributed by atoms with van der Waals surface area (Å²) in [5.74, 6) is 1.88. The molecule has 0 aromatic heterocycles. The summed E-state index contributed by atoms with van der Waals surface area (Å²) < 4.78 is 65.4. The second kappa shape index (κ2) is 46.3. The number of esters is 2. The molecular formula is C67H86O19. The monoisotopic (exact) mass is 1190 g/mol. The summed E-state index contributed by atoms with van der Waals surface area (Å²) >= 11 is 0. The number of benzene rings is 4. The fraction of sp³-hybridized carbons (Fsp3) is 0.403. The lowest BCUT2D eigenvalue weighted by Gasteiger charge is -2.19. The van der Waals surface area contributed by atoms with Gasteiger partial charge in [-0.2, -0.15) is 0 Å². The molecule has 0 atom stereocenters. The zero-order chi connectivity index (χ0) is 61.3. The molecule has 0 bridgehead atoms. The molecule has 19 nitrogen and oxygen atoms in total. The van der Waals surface area contributed by atoms with Gasteiger partial charge in [-0.25, -0.2) is 38.9 Å². The number of ether oxygens (including phenoxy) is 11. The summed E-state index contributed by atoms with van der Waals surface area (Å²) in [5.41, 5.74) is 1.13. The zero-order valence-corrected chi connectivity index (χ0v) is 49.6. The molecule has 19 heteroatoms. The van der Waals surface area contributed by atoms with Crippen molar-refractivity contribution in [3.63, 3.8) is 0 Å². The van der Waals surface area contributed by atoms with Crippen molar-refractivity contribution in [2.24, 2.45) is 0 Å². The van der Waals surface area contributed by atoms with Gasteiger partial charge in [-0.05, 0) is 149 Å². The molecule has 0 aliphatic heterocycles. The predicted octanol–water partition coefficient (Wildman–Crippen LogP) is 13.9. The van der Waals surface area contributed by atoms with Crippen molar-refractivity contribution in [1.82, 2.24) is 0 Å². The molecule has 0 aliphatic rings. The molecule has 0 spiro atoms. The van der Waals surface area contributed by atoms with E-state index in [1.807, 2.05) is 0 Å². The average molecular weight is 1200 g/mol. The van der Waals surface area contributed by atoms with Gasteiger partial charge < -0.3 is 52.1 Å². The van der Waals surface area contributed by atoms with E-state index in [4.69, 9.17) is 81.4 Å². The van der Waals surface area contributed by atoms with Gasteiger partial charge in [0.1, 0.15) is 31.3 Å². The highest BCUT2D eigenvalue weighted by Gasteiger charge is 2.20. The molecule has 468 valence electrons. The minimum absolute atomic E-state index is 0.284. The van der Waals surface area contributed by atoms with Crippen LogP contribution in [-0.2, 0) is 53.1 Å². The lowest BCUT2D eigenvalue weighted by Crippen LogP contribution is -2.09. The molecule has 0 saturated heterocycles. The summed E-state index contributed by atoms with van der Waals surface area (Å²) in [4.78, 5) is 57.6. The van der Waals surface area contributed by atoms with Crippen molar-refractivity contribution in [2.75, 3.05) is 99.1 Å². The normalized spacial score (nSPS) is 11.0. The average Bonchev–Trinajstić information content (AvgIpc) is 3.25. The number of carbonyl (C=O) groups is 2. The quantitative estimate of drug-likeness (QED) is 0.00592. The van der Waals surface area contributed by atoms with Gasteiger partial charge in [-0.3, -0.25) is 0 Å². The maximum atomic E-state index is 13.5. The van der Waals surface area contributed by atoms with Gasteiger partial charge in [-0.1, -0.05) is 50.1 Å². The van der Waals surface area contributed by atoms with E-state index >= 15 is 0 Å². The Balaban J connectivity index is 1.50. The summed E-state index contributed by atoms with van der Waals surface area (Å²) in [6.07, 6.45) is 23.1. The third kappa shape index (κ3) is 29.7. The van der Waals surface area contributed by atoms with Crippen LogP contribution in [0.25, 0.3) is 22.9 Å². The number of rotatable bonds is 54. The maximum Gasteiger partial charge on any atom is 0.336 e. The first-order valence-electron chi connectivity index (χ1n) is 29.0. The predicted molar refractivity (Wildman–Crippen MR) is 329 cm³/mol. The van der Waals surface area contributed by atoms with Crippen molar-refractivity contribution in [1.29, 1.82) is 0 Å². The van der Waals surface area contributed by atoms with Crippen molar-refractivity contribution in [2.45, 2.75) is 77.0 Å². The highest BCUT2D eigenvalue weighted by atomic mass is 17.2. The molecule has 4 rings (SSSR count). The topological polar surface area (TPSA) is 191 Å². The van der Waals surface area contributed by atoms with Crippen LogP contribution in [0.3, 0.4) is 0 Å². The third-order valence-corrected chi connectivity index (χ3v) is 11.7. The summed E-state index contributed by atoms with van der Waals surface area (Å²) in [7, 11) is 0. The van der Waals surface area contributed by atoms with Gasteiger partial charge in [-0.15, -0.1) is 19.7 Å². The third-order valence-electron chi connectivity index (χ3n) is 11.7. The smallest absolute Gasteiger partial charge is 0.336 e. The van der Waals surface area contributed by atoms with E-state index in [0.717, 1.165) is 36.5 Å². The Morgan fingerprint density at radius 2 is 0.651 bits per heavy atom. The Labute approximate surface area is 506 Å². The van der Waals surface area contributed by atoms with Crippen molar-refractivity contribution < 1.29 is 91.0 Å². The van der Waals surface area contributed by atoms with Gasteiger partial charge in [0.05, 0.1) is 98.1 Å². The van der Waals surface area contributed by atoms with E-state index in [1.54, 1.807) is 91.0 Å². The SMILES string of the molecule is C=CCOOCCCCOc1ccc(C=CC(=O)Oc2ccc3cc(OC(=O)C=Cc4ccc(OCCCCOC=C)c(OCCCCOC=C)c4OCCCCOOCC=C)ccc3c2)c(OCCCCOC=C)c1OCCCCOOCC=C. The van der Waals surface area contributed by atoms with Crippen LogP contribution in [0.2, 0.25) is 0 Å². The standard InChI is InChI=1S/C67H86O19/c1-7-37-79-82-49-22-19-44-74-61-34-28-54(64(75-45-17-14-41-71-11-5)67(61)78-48-21-24-51-84-81-39-9-3)29-35-62(68)85-58-31-25-57-53-59(32-26-56(57)52-58)86-63(69)36-30-55-27-33-60(73-43-16-13-40-70-10-4)66(77-47-18-15-42-72-12-6)65(55)76-46-20-23-50-83-80-38-8-2/h7-12,25-36,52-53H,1-6,13-24,37-51H2. The molecule has 0 amide bonds. The van der Waals surface area contributed by atoms with Crippen LogP contribution in [-0.4, -0.2) is 111 Å². The molecular weight excluding hydrogens is 1110 g/mol. The Hall–Kier alpha value is -8.04. The first kappa shape index (κ1) is 70.4. The van der Waals surface area contributed by atoms with Gasteiger partial charge in [0.2, 0.25) is 11.5 Å². The molecule has 0 heterocycles. The van der Waals surface area contributed by atoms with Gasteiger partial charge in [0.15, 0.2) is 23.0 Å². The number of carbonyl (C=O) groups excluding carboxylic acids is 2. The Kier molecular flexibility index (Phi) is 37.9. The zero-order valence-electron chi connectivity index (χ0n) is 49.6. The van der Waals surface area contributed by atoms with Gasteiger partial charge in [0.25, 0.3) is 0 Å². The summed E-state index contributed by atoms with van der Waals surface area (Å²) in [6, 6.07) is 17.5. The molecule has 86 heavy (non-hydrogen) atoms. The Bertz CT molecular complexity index is 2680. The fourth-order valence-corrected chi connectivity index (χ4v) is 7.55. The minimum Gasteiger partial charge on any atom is -0.502 e. The molecule has 0 unspecified atom stereocenters. The van der Waals surface area contributed by atoms with Crippen molar-refractivity contribution in [3.05, 3.63) is 160 Å². The number of unbranched alkanes of at least 4 members (excludes halogenated alkanes) is 6. The van der Waals surface area contributed by atoms with Crippen LogP contribution in [0.15, 0.2) is 149 Å². The second-order valence-corrected chi connectivity index (χ2v) is 18.4. The first-order chi connectivity index (χ1) is 42.3. The molecule has 4 aromatic rings. The van der Waals surface area contributed by atoms with E-state index in [9.17, 15) is 9.59 Å². The summed E-state index contributed by atoms with van der Waals surface area (Å²) in [5, 5.41) is 1.47. The van der Waals surface area contributed by atoms with Crippen LogP contribution in [0.5, 0.6) is 46.0 Å². The molecule has 0 radical (unpaired) electrons. The van der Waals surface area contributed by atoms with Crippen LogP contribution in [0, 0.1) is 0 Å². The minimum atomic E-state index is -0.635. The van der Waals surface area contributed by atoms with Crippen LogP contribution in [0.4, 0.5) is 0 Å². The Morgan fingerprint density at radius 1 is 0.337 bits per heavy atom. The lowest BCUT2D eigenvalue weighted by atomic mass is 10.1. The first-order valence-corrected chi connectivity index (χ1v) is 29.0. The number of hydrogen-bond acceptors (Lipinski definition) is 19. The van der Waals surface area contributed by atoms with Gasteiger partial charge in [0, 0.05) is 23.3 Å². The maximum absolute atomic E-state index is 13.5. The number of hydrogen-bond donors (Lipinski definition) is 0. The molecule has 0 N–H and O–H groups in total.